The lowest BCUT2D eigenvalue weighted by atomic mass is 9.98. The van der Waals surface area contributed by atoms with Gasteiger partial charge >= 0.3 is 6.18 Å². The van der Waals surface area contributed by atoms with Crippen molar-refractivity contribution < 1.29 is 17.6 Å². The number of aryl methyl sites for hydroxylation is 1. The molecular formula is C15H14F4N2. The zero-order valence-electron chi connectivity index (χ0n) is 11.5. The third-order valence-corrected chi connectivity index (χ3v) is 3.24. The van der Waals surface area contributed by atoms with Crippen LogP contribution in [0, 0.1) is 12.7 Å². The van der Waals surface area contributed by atoms with Crippen molar-refractivity contribution in [1.82, 2.24) is 10.3 Å². The number of halogens is 4. The number of hydrogen-bond acceptors (Lipinski definition) is 2. The summed E-state index contributed by atoms with van der Waals surface area (Å²) in [4.78, 5) is 3.88. The van der Waals surface area contributed by atoms with Gasteiger partial charge in [-0.15, -0.1) is 0 Å². The van der Waals surface area contributed by atoms with Crippen LogP contribution in [0.4, 0.5) is 17.6 Å². The van der Waals surface area contributed by atoms with Gasteiger partial charge in [-0.2, -0.15) is 13.2 Å². The van der Waals surface area contributed by atoms with E-state index < -0.39 is 17.8 Å². The first-order chi connectivity index (χ1) is 9.82. The van der Waals surface area contributed by atoms with Gasteiger partial charge in [0.25, 0.3) is 0 Å². The zero-order valence-corrected chi connectivity index (χ0v) is 11.5. The summed E-state index contributed by atoms with van der Waals surface area (Å²) in [6.45, 7) is 1.74. The second kappa shape index (κ2) is 5.81. The van der Waals surface area contributed by atoms with Crippen LogP contribution < -0.4 is 5.32 Å². The molecule has 0 bridgehead atoms. The summed E-state index contributed by atoms with van der Waals surface area (Å²) >= 11 is 0. The van der Waals surface area contributed by atoms with Crippen LogP contribution in [0.5, 0.6) is 0 Å². The van der Waals surface area contributed by atoms with Crippen molar-refractivity contribution in [3.63, 3.8) is 0 Å². The third-order valence-electron chi connectivity index (χ3n) is 3.24. The summed E-state index contributed by atoms with van der Waals surface area (Å²) < 4.78 is 50.8. The molecule has 1 atom stereocenters. The highest BCUT2D eigenvalue weighted by Gasteiger charge is 2.31. The molecule has 1 aromatic heterocycles. The van der Waals surface area contributed by atoms with E-state index in [1.54, 1.807) is 20.0 Å². The fraction of sp³-hybridized carbons (Fsp3) is 0.267. The summed E-state index contributed by atoms with van der Waals surface area (Å²) in [5.41, 5.74) is 1.12. The van der Waals surface area contributed by atoms with Crippen LogP contribution in [0.3, 0.4) is 0 Å². The standard InChI is InChI=1S/C15H14F4N2/c1-9-7-11(16)4-5-12(9)14(20-2)13-6-3-10(8-21-13)15(17,18)19/h3-8,14,20H,1-2H3. The lowest BCUT2D eigenvalue weighted by Crippen LogP contribution is -2.20. The molecule has 1 aromatic carbocycles. The molecule has 2 rings (SSSR count). The van der Waals surface area contributed by atoms with E-state index in [1.807, 2.05) is 0 Å². The number of pyridine rings is 1. The highest BCUT2D eigenvalue weighted by molar-refractivity contribution is 5.35. The Labute approximate surface area is 119 Å². The molecular weight excluding hydrogens is 284 g/mol. The number of aromatic nitrogens is 1. The number of benzene rings is 1. The van der Waals surface area contributed by atoms with Crippen molar-refractivity contribution in [2.45, 2.75) is 19.1 Å². The average molecular weight is 298 g/mol. The molecule has 6 heteroatoms. The number of nitrogens with one attached hydrogen (secondary N) is 1. The fourth-order valence-electron chi connectivity index (χ4n) is 2.17. The van der Waals surface area contributed by atoms with E-state index >= 15 is 0 Å². The van der Waals surface area contributed by atoms with E-state index in [4.69, 9.17) is 0 Å². The molecule has 0 fully saturated rings. The average Bonchev–Trinajstić information content (AvgIpc) is 2.41. The van der Waals surface area contributed by atoms with E-state index in [0.29, 0.717) is 11.3 Å². The Hall–Kier alpha value is -1.95. The first kappa shape index (κ1) is 15.4. The monoisotopic (exact) mass is 298 g/mol. The molecule has 0 saturated heterocycles. The Morgan fingerprint density at radius 1 is 1.14 bits per heavy atom. The van der Waals surface area contributed by atoms with Crippen molar-refractivity contribution in [2.24, 2.45) is 0 Å². The molecule has 112 valence electrons. The molecule has 0 amide bonds. The first-order valence-corrected chi connectivity index (χ1v) is 6.29. The van der Waals surface area contributed by atoms with E-state index in [0.717, 1.165) is 17.8 Å². The van der Waals surface area contributed by atoms with Gasteiger partial charge in [0, 0.05) is 6.20 Å². The number of nitrogens with zero attached hydrogens (tertiary/aromatic N) is 1. The maximum absolute atomic E-state index is 13.1. The lowest BCUT2D eigenvalue weighted by Gasteiger charge is -2.19. The molecule has 0 radical (unpaired) electrons. The van der Waals surface area contributed by atoms with E-state index in [-0.39, 0.29) is 5.82 Å². The first-order valence-electron chi connectivity index (χ1n) is 6.29. The normalized spacial score (nSPS) is 13.2. The van der Waals surface area contributed by atoms with Gasteiger partial charge in [-0.25, -0.2) is 4.39 Å². The van der Waals surface area contributed by atoms with Gasteiger partial charge < -0.3 is 5.32 Å². The number of alkyl halides is 3. The maximum atomic E-state index is 13.1. The highest BCUT2D eigenvalue weighted by atomic mass is 19.4. The Balaban J connectivity index is 2.37. The summed E-state index contributed by atoms with van der Waals surface area (Å²) in [5.74, 6) is -0.355. The molecule has 0 aliphatic rings. The van der Waals surface area contributed by atoms with E-state index in [9.17, 15) is 17.6 Å². The van der Waals surface area contributed by atoms with Gasteiger partial charge in [0.15, 0.2) is 0 Å². The minimum absolute atomic E-state index is 0.355. The molecule has 1 N–H and O–H groups in total. The molecule has 0 aliphatic carbocycles. The van der Waals surface area contributed by atoms with Gasteiger partial charge in [-0.05, 0) is 49.4 Å². The van der Waals surface area contributed by atoms with E-state index in [2.05, 4.69) is 10.3 Å². The fourth-order valence-corrected chi connectivity index (χ4v) is 2.17. The van der Waals surface area contributed by atoms with Crippen molar-refractivity contribution in [3.8, 4) is 0 Å². The van der Waals surface area contributed by atoms with Gasteiger partial charge in [-0.3, -0.25) is 4.98 Å². The highest BCUT2D eigenvalue weighted by Crippen LogP contribution is 2.30. The minimum atomic E-state index is -4.41. The maximum Gasteiger partial charge on any atom is 0.417 e. The Morgan fingerprint density at radius 2 is 1.86 bits per heavy atom. The smallest absolute Gasteiger partial charge is 0.308 e. The van der Waals surface area contributed by atoms with Crippen LogP contribution in [-0.4, -0.2) is 12.0 Å². The van der Waals surface area contributed by atoms with Gasteiger partial charge in [0.2, 0.25) is 0 Å². The Morgan fingerprint density at radius 3 is 2.33 bits per heavy atom. The van der Waals surface area contributed by atoms with Crippen LogP contribution in [-0.2, 0) is 6.18 Å². The Kier molecular flexibility index (Phi) is 4.27. The van der Waals surface area contributed by atoms with Crippen LogP contribution in [0.15, 0.2) is 36.5 Å². The topological polar surface area (TPSA) is 24.9 Å². The zero-order chi connectivity index (χ0) is 15.6. The van der Waals surface area contributed by atoms with Crippen molar-refractivity contribution >= 4 is 0 Å². The molecule has 1 unspecified atom stereocenters. The summed E-state index contributed by atoms with van der Waals surface area (Å²) in [6.07, 6.45) is -3.61. The molecule has 0 spiro atoms. The van der Waals surface area contributed by atoms with Crippen LogP contribution in [0.25, 0.3) is 0 Å². The third kappa shape index (κ3) is 3.39. The lowest BCUT2D eigenvalue weighted by molar-refractivity contribution is -0.137. The van der Waals surface area contributed by atoms with Gasteiger partial charge in [-0.1, -0.05) is 6.07 Å². The SMILES string of the molecule is CNC(c1ccc(C(F)(F)F)cn1)c1ccc(F)cc1C. The second-order valence-corrected chi connectivity index (χ2v) is 4.69. The second-order valence-electron chi connectivity index (χ2n) is 4.69. The molecule has 1 heterocycles. The summed E-state index contributed by atoms with van der Waals surface area (Å²) in [7, 11) is 1.67. The summed E-state index contributed by atoms with van der Waals surface area (Å²) in [5, 5.41) is 2.99. The summed E-state index contributed by atoms with van der Waals surface area (Å²) in [6, 6.07) is 6.22. The predicted octanol–water partition coefficient (Wildman–Crippen LogP) is 3.86. The Bertz CT molecular complexity index is 621. The van der Waals surface area contributed by atoms with Gasteiger partial charge in [0.05, 0.1) is 17.3 Å². The van der Waals surface area contributed by atoms with Crippen molar-refractivity contribution in [1.29, 1.82) is 0 Å². The van der Waals surface area contributed by atoms with Gasteiger partial charge in [0.1, 0.15) is 5.82 Å². The number of rotatable bonds is 3. The van der Waals surface area contributed by atoms with Crippen LogP contribution >= 0.6 is 0 Å². The molecule has 2 nitrogen and oxygen atoms in total. The van der Waals surface area contributed by atoms with Crippen molar-refractivity contribution in [3.05, 3.63) is 64.7 Å². The van der Waals surface area contributed by atoms with Crippen LogP contribution in [0.1, 0.15) is 28.4 Å². The molecule has 0 aliphatic heterocycles. The molecule has 21 heavy (non-hydrogen) atoms. The van der Waals surface area contributed by atoms with E-state index in [1.165, 1.54) is 18.2 Å². The molecule has 2 aromatic rings. The largest absolute Gasteiger partial charge is 0.417 e. The predicted molar refractivity (Wildman–Crippen MR) is 71.3 cm³/mol. The molecule has 0 saturated carbocycles. The van der Waals surface area contributed by atoms with Crippen LogP contribution in [0.2, 0.25) is 0 Å². The quantitative estimate of drug-likeness (QED) is 0.870. The van der Waals surface area contributed by atoms with Crippen molar-refractivity contribution in [2.75, 3.05) is 7.05 Å². The number of hydrogen-bond donors (Lipinski definition) is 1. The minimum Gasteiger partial charge on any atom is -0.308 e.